The minimum Gasteiger partial charge on any atom is -0.452 e. The number of esters is 1. The zero-order valence-corrected chi connectivity index (χ0v) is 13.9. The van der Waals surface area contributed by atoms with E-state index < -0.39 is 35.9 Å². The molecular formula is C16H10Cl2F3NO3. The van der Waals surface area contributed by atoms with E-state index in [1.165, 1.54) is 30.3 Å². The molecule has 0 bridgehead atoms. The summed E-state index contributed by atoms with van der Waals surface area (Å²) in [4.78, 5) is 23.6. The van der Waals surface area contributed by atoms with E-state index in [0.717, 1.165) is 12.1 Å². The van der Waals surface area contributed by atoms with Crippen molar-refractivity contribution in [2.24, 2.45) is 0 Å². The molecule has 1 amide bonds. The molecule has 9 heteroatoms. The van der Waals surface area contributed by atoms with Crippen LogP contribution in [0.5, 0.6) is 0 Å². The maximum Gasteiger partial charge on any atom is 0.418 e. The Morgan fingerprint density at radius 3 is 2.24 bits per heavy atom. The van der Waals surface area contributed by atoms with Crippen LogP contribution < -0.4 is 5.32 Å². The molecule has 0 saturated heterocycles. The lowest BCUT2D eigenvalue weighted by Gasteiger charge is -2.13. The van der Waals surface area contributed by atoms with Crippen molar-refractivity contribution in [3.05, 3.63) is 63.6 Å². The quantitative estimate of drug-likeness (QED) is 0.761. The first-order valence-corrected chi connectivity index (χ1v) is 7.51. The molecule has 0 saturated carbocycles. The molecule has 0 radical (unpaired) electrons. The maximum absolute atomic E-state index is 12.8. The van der Waals surface area contributed by atoms with E-state index in [0.29, 0.717) is 0 Å². The van der Waals surface area contributed by atoms with Gasteiger partial charge < -0.3 is 10.1 Å². The zero-order valence-electron chi connectivity index (χ0n) is 12.4. The smallest absolute Gasteiger partial charge is 0.418 e. The van der Waals surface area contributed by atoms with Gasteiger partial charge in [0.2, 0.25) is 0 Å². The van der Waals surface area contributed by atoms with E-state index in [1.54, 1.807) is 0 Å². The predicted octanol–water partition coefficient (Wildman–Crippen LogP) is 4.81. The summed E-state index contributed by atoms with van der Waals surface area (Å²) in [5.41, 5.74) is -1.42. The molecule has 0 heterocycles. The van der Waals surface area contributed by atoms with Crippen LogP contribution >= 0.6 is 23.2 Å². The lowest BCUT2D eigenvalue weighted by Crippen LogP contribution is -2.22. The number of rotatable bonds is 4. The average molecular weight is 392 g/mol. The average Bonchev–Trinajstić information content (AvgIpc) is 2.51. The number of hydrogen-bond donors (Lipinski definition) is 1. The van der Waals surface area contributed by atoms with Gasteiger partial charge in [0.1, 0.15) is 0 Å². The van der Waals surface area contributed by atoms with Gasteiger partial charge in [-0.15, -0.1) is 0 Å². The van der Waals surface area contributed by atoms with Crippen molar-refractivity contribution in [2.45, 2.75) is 6.18 Å². The summed E-state index contributed by atoms with van der Waals surface area (Å²) < 4.78 is 43.3. The second-order valence-electron chi connectivity index (χ2n) is 4.83. The minimum atomic E-state index is -4.63. The Kier molecular flexibility index (Phi) is 5.92. The molecule has 2 aromatic carbocycles. The molecule has 132 valence electrons. The lowest BCUT2D eigenvalue weighted by atomic mass is 10.1. The number of carbonyl (C=O) groups excluding carboxylic acids is 2. The second kappa shape index (κ2) is 7.76. The first-order valence-electron chi connectivity index (χ1n) is 6.76. The highest BCUT2D eigenvalue weighted by molar-refractivity contribution is 6.35. The molecule has 0 spiro atoms. The van der Waals surface area contributed by atoms with Crippen LogP contribution in [0.3, 0.4) is 0 Å². The van der Waals surface area contributed by atoms with E-state index in [2.05, 4.69) is 5.32 Å². The van der Waals surface area contributed by atoms with Crippen molar-refractivity contribution in [1.82, 2.24) is 0 Å². The lowest BCUT2D eigenvalue weighted by molar-refractivity contribution is -0.137. The van der Waals surface area contributed by atoms with E-state index in [4.69, 9.17) is 27.9 Å². The summed E-state index contributed by atoms with van der Waals surface area (Å²) in [6.07, 6.45) is -4.63. The van der Waals surface area contributed by atoms with Crippen molar-refractivity contribution in [2.75, 3.05) is 11.9 Å². The molecule has 25 heavy (non-hydrogen) atoms. The number of alkyl halides is 3. The van der Waals surface area contributed by atoms with Gasteiger partial charge in [-0.25, -0.2) is 4.79 Å². The number of benzene rings is 2. The van der Waals surface area contributed by atoms with Gasteiger partial charge in [-0.05, 0) is 30.3 Å². The molecule has 0 aliphatic rings. The Bertz CT molecular complexity index is 789. The summed E-state index contributed by atoms with van der Waals surface area (Å²) in [5.74, 6) is -1.80. The minimum absolute atomic E-state index is 0.0148. The molecule has 2 rings (SSSR count). The van der Waals surface area contributed by atoms with Crippen LogP contribution in [0.4, 0.5) is 18.9 Å². The zero-order chi connectivity index (χ0) is 18.6. The highest BCUT2D eigenvalue weighted by atomic mass is 35.5. The van der Waals surface area contributed by atoms with E-state index in [9.17, 15) is 22.8 Å². The van der Waals surface area contributed by atoms with Gasteiger partial charge in [0, 0.05) is 10.0 Å². The van der Waals surface area contributed by atoms with Crippen molar-refractivity contribution in [1.29, 1.82) is 0 Å². The van der Waals surface area contributed by atoms with E-state index in [-0.39, 0.29) is 15.6 Å². The van der Waals surface area contributed by atoms with Gasteiger partial charge in [0.25, 0.3) is 5.91 Å². The Hall–Kier alpha value is -2.25. The second-order valence-corrected chi connectivity index (χ2v) is 5.70. The van der Waals surface area contributed by atoms with Crippen LogP contribution in [0, 0.1) is 0 Å². The summed E-state index contributed by atoms with van der Waals surface area (Å²) in [6.45, 7) is -0.769. The first kappa shape index (κ1) is 19.1. The molecule has 2 aromatic rings. The topological polar surface area (TPSA) is 55.4 Å². The van der Waals surface area contributed by atoms with Gasteiger partial charge >= 0.3 is 12.1 Å². The van der Waals surface area contributed by atoms with Crippen molar-refractivity contribution < 1.29 is 27.5 Å². The third-order valence-electron chi connectivity index (χ3n) is 2.94. The first-order chi connectivity index (χ1) is 11.7. The molecule has 0 unspecified atom stereocenters. The highest BCUT2D eigenvalue weighted by Gasteiger charge is 2.33. The summed E-state index contributed by atoms with van der Waals surface area (Å²) >= 11 is 11.5. The molecule has 0 fully saturated rings. The molecule has 1 N–H and O–H groups in total. The number of nitrogens with one attached hydrogen (secondary N) is 1. The molecule has 0 aromatic heterocycles. The summed E-state index contributed by atoms with van der Waals surface area (Å²) in [6, 6.07) is 8.43. The van der Waals surface area contributed by atoms with Gasteiger partial charge in [0.05, 0.1) is 16.8 Å². The van der Waals surface area contributed by atoms with Crippen molar-refractivity contribution in [3.8, 4) is 0 Å². The predicted molar refractivity (Wildman–Crippen MR) is 86.8 cm³/mol. The molecule has 4 nitrogen and oxygen atoms in total. The van der Waals surface area contributed by atoms with Crippen LogP contribution in [-0.2, 0) is 15.7 Å². The fourth-order valence-corrected chi connectivity index (χ4v) is 2.44. The monoisotopic (exact) mass is 391 g/mol. The molecular weight excluding hydrogens is 382 g/mol. The Morgan fingerprint density at radius 2 is 1.64 bits per heavy atom. The van der Waals surface area contributed by atoms with Gasteiger partial charge in [-0.3, -0.25) is 4.79 Å². The highest BCUT2D eigenvalue weighted by Crippen LogP contribution is 2.34. The van der Waals surface area contributed by atoms with Crippen molar-refractivity contribution in [3.63, 3.8) is 0 Å². The van der Waals surface area contributed by atoms with Crippen LogP contribution in [0.1, 0.15) is 15.9 Å². The Morgan fingerprint density at radius 1 is 1.04 bits per heavy atom. The van der Waals surface area contributed by atoms with Gasteiger partial charge in [-0.2, -0.15) is 13.2 Å². The third kappa shape index (κ3) is 5.37. The fraction of sp³-hybridized carbons (Fsp3) is 0.125. The SMILES string of the molecule is O=C(COC(=O)c1cc(Cl)cc(Cl)c1)Nc1ccccc1C(F)(F)F. The maximum atomic E-state index is 12.8. The Labute approximate surface area is 150 Å². The number of hydrogen-bond acceptors (Lipinski definition) is 3. The summed E-state index contributed by atoms with van der Waals surface area (Å²) in [5, 5.41) is 2.45. The number of anilines is 1. The number of para-hydroxylation sites is 1. The molecule has 0 aliphatic heterocycles. The van der Waals surface area contributed by atoms with Crippen molar-refractivity contribution >= 4 is 40.8 Å². The van der Waals surface area contributed by atoms with Crippen LogP contribution in [-0.4, -0.2) is 18.5 Å². The van der Waals surface area contributed by atoms with Crippen LogP contribution in [0.25, 0.3) is 0 Å². The Balaban J connectivity index is 2.01. The third-order valence-corrected chi connectivity index (χ3v) is 3.38. The largest absolute Gasteiger partial charge is 0.452 e. The van der Waals surface area contributed by atoms with Gasteiger partial charge in [-0.1, -0.05) is 35.3 Å². The molecule has 0 aliphatic carbocycles. The number of halogens is 5. The number of carbonyl (C=O) groups is 2. The van der Waals surface area contributed by atoms with E-state index >= 15 is 0 Å². The standard InChI is InChI=1S/C16H10Cl2F3NO3/c17-10-5-9(6-11(18)7-10)15(24)25-8-14(23)22-13-4-2-1-3-12(13)16(19,20)21/h1-7H,8H2,(H,22,23). The van der Waals surface area contributed by atoms with Crippen LogP contribution in [0.2, 0.25) is 10.0 Å². The number of amides is 1. The fourth-order valence-electron chi connectivity index (χ4n) is 1.91. The van der Waals surface area contributed by atoms with Gasteiger partial charge in [0.15, 0.2) is 6.61 Å². The summed E-state index contributed by atoms with van der Waals surface area (Å²) in [7, 11) is 0. The van der Waals surface area contributed by atoms with Crippen LogP contribution in [0.15, 0.2) is 42.5 Å². The molecule has 0 atom stereocenters. The normalized spacial score (nSPS) is 11.1. The number of ether oxygens (including phenoxy) is 1. The van der Waals surface area contributed by atoms with E-state index in [1.807, 2.05) is 0 Å².